The van der Waals surface area contributed by atoms with Crippen molar-refractivity contribution < 1.29 is 9.59 Å². The zero-order valence-corrected chi connectivity index (χ0v) is 15.7. The number of carbonyl (C=O) groups excluding carboxylic acids is 2. The molecule has 2 fully saturated rings. The number of rotatable bonds is 5. The SMILES string of the molecule is CN(Cc1ccccn1)C(=O)[C@H]1C[C@]12CCN(C(=O)Cc1ccccc1)C2. The molecule has 1 spiro atoms. The summed E-state index contributed by atoms with van der Waals surface area (Å²) in [6, 6.07) is 15.6. The Morgan fingerprint density at radius 2 is 1.96 bits per heavy atom. The average Bonchev–Trinajstić information content (AvgIpc) is 3.21. The standard InChI is InChI=1S/C22H25N3O2/c1-24(15-18-9-5-6-11-23-18)21(27)19-14-22(19)10-12-25(16-22)20(26)13-17-7-3-2-4-8-17/h2-9,11,19H,10,12-16H2,1H3/t19-,22+/m1/s1. The van der Waals surface area contributed by atoms with E-state index in [1.54, 1.807) is 11.1 Å². The van der Waals surface area contributed by atoms with Crippen LogP contribution in [-0.4, -0.2) is 46.7 Å². The van der Waals surface area contributed by atoms with Crippen LogP contribution >= 0.6 is 0 Å². The third-order valence-electron chi connectivity index (χ3n) is 5.93. The van der Waals surface area contributed by atoms with Crippen molar-refractivity contribution in [1.29, 1.82) is 0 Å². The molecule has 1 aromatic carbocycles. The van der Waals surface area contributed by atoms with Gasteiger partial charge in [0.05, 0.1) is 18.7 Å². The quantitative estimate of drug-likeness (QED) is 0.820. The molecular formula is C22H25N3O2. The van der Waals surface area contributed by atoms with Crippen LogP contribution in [-0.2, 0) is 22.6 Å². The first-order valence-corrected chi connectivity index (χ1v) is 9.54. The second-order valence-corrected chi connectivity index (χ2v) is 7.86. The van der Waals surface area contributed by atoms with Gasteiger partial charge in [-0.1, -0.05) is 36.4 Å². The van der Waals surface area contributed by atoms with E-state index < -0.39 is 0 Å². The van der Waals surface area contributed by atoms with E-state index >= 15 is 0 Å². The summed E-state index contributed by atoms with van der Waals surface area (Å²) >= 11 is 0. The van der Waals surface area contributed by atoms with Gasteiger partial charge in [0.1, 0.15) is 0 Å². The monoisotopic (exact) mass is 363 g/mol. The van der Waals surface area contributed by atoms with Gasteiger partial charge in [0, 0.05) is 37.7 Å². The molecule has 2 atom stereocenters. The number of likely N-dealkylation sites (tertiary alicyclic amines) is 1. The van der Waals surface area contributed by atoms with Crippen LogP contribution in [0.4, 0.5) is 0 Å². The molecule has 2 amide bonds. The second kappa shape index (κ2) is 7.14. The highest BCUT2D eigenvalue weighted by atomic mass is 16.2. The van der Waals surface area contributed by atoms with E-state index in [9.17, 15) is 9.59 Å². The van der Waals surface area contributed by atoms with E-state index in [0.29, 0.717) is 19.5 Å². The van der Waals surface area contributed by atoms with Crippen LogP contribution in [0.3, 0.4) is 0 Å². The van der Waals surface area contributed by atoms with Crippen LogP contribution in [0.15, 0.2) is 54.7 Å². The van der Waals surface area contributed by atoms with Crippen molar-refractivity contribution in [3.63, 3.8) is 0 Å². The van der Waals surface area contributed by atoms with Crippen LogP contribution < -0.4 is 0 Å². The summed E-state index contributed by atoms with van der Waals surface area (Å²) < 4.78 is 0. The molecule has 2 aromatic rings. The third kappa shape index (κ3) is 3.72. The predicted molar refractivity (Wildman–Crippen MR) is 103 cm³/mol. The molecule has 0 N–H and O–H groups in total. The zero-order chi connectivity index (χ0) is 18.9. The lowest BCUT2D eigenvalue weighted by atomic mass is 10.0. The van der Waals surface area contributed by atoms with E-state index in [-0.39, 0.29) is 23.1 Å². The molecule has 27 heavy (non-hydrogen) atoms. The van der Waals surface area contributed by atoms with Gasteiger partial charge in [-0.2, -0.15) is 0 Å². The minimum Gasteiger partial charge on any atom is -0.342 e. The first kappa shape index (κ1) is 17.7. The second-order valence-electron chi connectivity index (χ2n) is 7.86. The number of benzene rings is 1. The maximum atomic E-state index is 12.8. The van der Waals surface area contributed by atoms with Crippen LogP contribution in [0.5, 0.6) is 0 Å². The molecule has 0 unspecified atom stereocenters. The molecular weight excluding hydrogens is 338 g/mol. The van der Waals surface area contributed by atoms with Gasteiger partial charge in [0.2, 0.25) is 11.8 Å². The van der Waals surface area contributed by atoms with E-state index in [0.717, 1.165) is 30.6 Å². The van der Waals surface area contributed by atoms with E-state index in [2.05, 4.69) is 4.98 Å². The Bertz CT molecular complexity index is 824. The summed E-state index contributed by atoms with van der Waals surface area (Å²) in [7, 11) is 1.84. The van der Waals surface area contributed by atoms with Gasteiger partial charge in [-0.3, -0.25) is 14.6 Å². The van der Waals surface area contributed by atoms with Crippen LogP contribution in [0.2, 0.25) is 0 Å². The molecule has 140 valence electrons. The number of hydrogen-bond acceptors (Lipinski definition) is 3. The molecule has 1 aromatic heterocycles. The molecule has 2 aliphatic rings. The van der Waals surface area contributed by atoms with Gasteiger partial charge in [-0.25, -0.2) is 0 Å². The lowest BCUT2D eigenvalue weighted by Crippen LogP contribution is -2.33. The molecule has 2 heterocycles. The zero-order valence-electron chi connectivity index (χ0n) is 15.7. The predicted octanol–water partition coefficient (Wildman–Crippen LogP) is 2.52. The minimum absolute atomic E-state index is 0.00179. The highest BCUT2D eigenvalue weighted by Crippen LogP contribution is 2.59. The summed E-state index contributed by atoms with van der Waals surface area (Å²) in [5.41, 5.74) is 1.94. The maximum Gasteiger partial charge on any atom is 0.227 e. The first-order valence-electron chi connectivity index (χ1n) is 9.54. The molecule has 1 aliphatic heterocycles. The molecule has 1 saturated carbocycles. The topological polar surface area (TPSA) is 53.5 Å². The Kier molecular flexibility index (Phi) is 4.68. The summed E-state index contributed by atoms with van der Waals surface area (Å²) in [5.74, 6) is 0.386. The normalized spacial score (nSPS) is 23.4. The number of pyridine rings is 1. The molecule has 5 heteroatoms. The van der Waals surface area contributed by atoms with Crippen molar-refractivity contribution in [2.24, 2.45) is 11.3 Å². The molecule has 1 aliphatic carbocycles. The molecule has 0 radical (unpaired) electrons. The van der Waals surface area contributed by atoms with Crippen molar-refractivity contribution >= 4 is 11.8 Å². The number of hydrogen-bond donors (Lipinski definition) is 0. The van der Waals surface area contributed by atoms with Gasteiger partial charge in [0.25, 0.3) is 0 Å². The van der Waals surface area contributed by atoms with Crippen LogP contribution in [0.1, 0.15) is 24.1 Å². The summed E-state index contributed by atoms with van der Waals surface area (Å²) in [6.45, 7) is 2.01. The van der Waals surface area contributed by atoms with Gasteiger partial charge in [-0.05, 0) is 30.5 Å². The highest BCUT2D eigenvalue weighted by Gasteiger charge is 2.61. The number of aromatic nitrogens is 1. The smallest absolute Gasteiger partial charge is 0.227 e. The Morgan fingerprint density at radius 3 is 2.70 bits per heavy atom. The summed E-state index contributed by atoms with van der Waals surface area (Å²) in [6.07, 6.45) is 4.02. The van der Waals surface area contributed by atoms with Crippen LogP contribution in [0, 0.1) is 11.3 Å². The van der Waals surface area contributed by atoms with Crippen LogP contribution in [0.25, 0.3) is 0 Å². The fraction of sp³-hybridized carbons (Fsp3) is 0.409. The summed E-state index contributed by atoms with van der Waals surface area (Å²) in [5, 5.41) is 0. The largest absolute Gasteiger partial charge is 0.342 e. The van der Waals surface area contributed by atoms with Gasteiger partial charge < -0.3 is 9.80 Å². The molecule has 0 bridgehead atoms. The maximum absolute atomic E-state index is 12.8. The highest BCUT2D eigenvalue weighted by molar-refractivity contribution is 5.84. The van der Waals surface area contributed by atoms with E-state index in [1.807, 2.05) is 60.5 Å². The van der Waals surface area contributed by atoms with Gasteiger partial charge in [-0.15, -0.1) is 0 Å². The van der Waals surface area contributed by atoms with Crippen molar-refractivity contribution in [3.8, 4) is 0 Å². The molecule has 4 rings (SSSR count). The van der Waals surface area contributed by atoms with Crippen molar-refractivity contribution in [2.45, 2.75) is 25.8 Å². The van der Waals surface area contributed by atoms with Crippen molar-refractivity contribution in [3.05, 3.63) is 66.0 Å². The Balaban J connectivity index is 1.32. The Labute approximate surface area is 160 Å². The first-order chi connectivity index (χ1) is 13.1. The third-order valence-corrected chi connectivity index (χ3v) is 5.93. The fourth-order valence-electron chi connectivity index (χ4n) is 4.22. The van der Waals surface area contributed by atoms with Gasteiger partial charge in [0.15, 0.2) is 0 Å². The van der Waals surface area contributed by atoms with E-state index in [1.165, 1.54) is 0 Å². The van der Waals surface area contributed by atoms with Gasteiger partial charge >= 0.3 is 0 Å². The Morgan fingerprint density at radius 1 is 1.19 bits per heavy atom. The lowest BCUT2D eigenvalue weighted by Gasteiger charge is -2.19. The lowest BCUT2D eigenvalue weighted by molar-refractivity contribution is -0.133. The number of amides is 2. The fourth-order valence-corrected chi connectivity index (χ4v) is 4.22. The number of nitrogens with zero attached hydrogens (tertiary/aromatic N) is 3. The van der Waals surface area contributed by atoms with Crippen molar-refractivity contribution in [1.82, 2.24) is 14.8 Å². The van der Waals surface area contributed by atoms with E-state index in [4.69, 9.17) is 0 Å². The Hall–Kier alpha value is -2.69. The molecule has 5 nitrogen and oxygen atoms in total. The number of carbonyl (C=O) groups is 2. The summed E-state index contributed by atoms with van der Waals surface area (Å²) in [4.78, 5) is 33.5. The van der Waals surface area contributed by atoms with Crippen molar-refractivity contribution in [2.75, 3.05) is 20.1 Å². The molecule has 1 saturated heterocycles. The minimum atomic E-state index is 0.00179. The average molecular weight is 363 g/mol.